The van der Waals surface area contributed by atoms with Crippen LogP contribution in [0, 0.1) is 5.92 Å². The van der Waals surface area contributed by atoms with E-state index in [0.717, 1.165) is 0 Å². The van der Waals surface area contributed by atoms with Crippen molar-refractivity contribution in [2.24, 2.45) is 5.92 Å². The Morgan fingerprint density at radius 2 is 1.15 bits per heavy atom. The molecule has 20 nitrogen and oxygen atoms in total. The molecule has 1 aliphatic heterocycles. The third-order valence-electron chi connectivity index (χ3n) is 4.40. The van der Waals surface area contributed by atoms with E-state index in [4.69, 9.17) is 0 Å². The predicted octanol–water partition coefficient (Wildman–Crippen LogP) is -2.39. The fourth-order valence-electron chi connectivity index (χ4n) is 3.47. The molecule has 1 fully saturated rings. The first-order valence-corrected chi connectivity index (χ1v) is 17.8. The van der Waals surface area contributed by atoms with Gasteiger partial charge in [0.05, 0.1) is 6.61 Å². The number of aliphatic hydroxyl groups is 1. The van der Waals surface area contributed by atoms with Gasteiger partial charge in [-0.25, -0.2) is 4.90 Å². The van der Waals surface area contributed by atoms with Crippen molar-refractivity contribution in [3.05, 3.63) is 0 Å². The molecule has 26 heteroatoms. The third-order valence-corrected chi connectivity index (χ3v) is 16.3. The largest absolute Gasteiger partial charge is 0.396 e. The molecule has 0 saturated carbocycles. The Kier molecular flexibility index (Phi) is 9.27. The minimum Gasteiger partial charge on any atom is -0.396 e. The maximum Gasteiger partial charge on any atom is 0.361 e. The topological polar surface area (TPSA) is 358 Å². The van der Waals surface area contributed by atoms with Gasteiger partial charge >= 0.3 is 45.6 Å². The van der Waals surface area contributed by atoms with Crippen molar-refractivity contribution in [3.8, 4) is 0 Å². The molecule has 198 valence electrons. The number of aliphatic hydroxyl groups excluding tert-OH is 1. The summed E-state index contributed by atoms with van der Waals surface area (Å²) < 4.78 is 77.8. The van der Waals surface area contributed by atoms with Gasteiger partial charge in [-0.2, -0.15) is 0 Å². The summed E-state index contributed by atoms with van der Waals surface area (Å²) >= 11 is 0. The Morgan fingerprint density at radius 1 is 0.818 bits per heavy atom. The number of hydrogen-bond donors (Lipinski definition) is 12. The van der Waals surface area contributed by atoms with Gasteiger partial charge in [-0.1, -0.05) is 0 Å². The van der Waals surface area contributed by atoms with Crippen molar-refractivity contribution in [1.82, 2.24) is 4.90 Å². The Morgan fingerprint density at radius 3 is 1.39 bits per heavy atom. The zero-order valence-corrected chi connectivity index (χ0v) is 21.1. The Balaban J connectivity index is 4.51. The third kappa shape index (κ3) is 6.04. The molecule has 1 saturated heterocycles. The van der Waals surface area contributed by atoms with Crippen LogP contribution < -0.4 is 0 Å². The first kappa shape index (κ1) is 31.8. The summed E-state index contributed by atoms with van der Waals surface area (Å²) in [6.07, 6.45) is -1.07. The van der Waals surface area contributed by atoms with Crippen LogP contribution in [0.25, 0.3) is 0 Å². The molecule has 33 heavy (non-hydrogen) atoms. The molecule has 3 atom stereocenters. The monoisotopic (exact) mass is 609 g/mol. The summed E-state index contributed by atoms with van der Waals surface area (Å²) in [7, 11) is -39.5. The van der Waals surface area contributed by atoms with E-state index in [2.05, 4.69) is 4.52 Å². The van der Waals surface area contributed by atoms with E-state index in [-0.39, 0.29) is 0 Å². The number of hydrogen-bond acceptors (Lipinski definition) is 9. The average molecular weight is 609 g/mol. The van der Waals surface area contributed by atoms with E-state index >= 15 is 0 Å². The molecule has 0 aromatic heterocycles. The fraction of sp³-hybridized carbons (Fsp3) is 1.00. The molecule has 1 rings (SSSR count). The predicted molar refractivity (Wildman–Crippen MR) is 103 cm³/mol. The van der Waals surface area contributed by atoms with Crippen molar-refractivity contribution >= 4 is 45.6 Å². The highest BCUT2D eigenvalue weighted by atomic mass is 31.3. The highest BCUT2D eigenvalue weighted by Gasteiger charge is 2.80. The summed E-state index contributed by atoms with van der Waals surface area (Å²) in [5, 5.41) is 4.72. The maximum absolute atomic E-state index is 12.9. The van der Waals surface area contributed by atoms with Gasteiger partial charge in [0.2, 0.25) is 16.1 Å². The van der Waals surface area contributed by atoms with Gasteiger partial charge in [-0.3, -0.25) is 27.4 Å². The van der Waals surface area contributed by atoms with Crippen LogP contribution in [-0.2, 0) is 31.9 Å². The second kappa shape index (κ2) is 9.60. The van der Waals surface area contributed by atoms with Gasteiger partial charge < -0.3 is 63.5 Å². The Labute approximate surface area is 183 Å². The fourth-order valence-corrected chi connectivity index (χ4v) is 14.8. The quantitative estimate of drug-likeness (QED) is 0.115. The average Bonchev–Trinajstić information content (AvgIpc) is 2.72. The lowest BCUT2D eigenvalue weighted by Gasteiger charge is -2.49. The van der Waals surface area contributed by atoms with Crippen LogP contribution in [0.4, 0.5) is 0 Å². The molecule has 0 amide bonds. The second-order valence-electron chi connectivity index (χ2n) is 6.71. The summed E-state index contributed by atoms with van der Waals surface area (Å²) in [6, 6.07) is 0. The van der Waals surface area contributed by atoms with Crippen LogP contribution in [0.15, 0.2) is 0 Å². The van der Waals surface area contributed by atoms with Crippen molar-refractivity contribution in [2.75, 3.05) is 13.2 Å². The lowest BCUT2D eigenvalue weighted by molar-refractivity contribution is 0.103. The lowest BCUT2D eigenvalue weighted by Crippen LogP contribution is -2.59. The first-order valence-electron chi connectivity index (χ1n) is 7.91. The van der Waals surface area contributed by atoms with Gasteiger partial charge in [0.25, 0.3) is 0 Å². The molecule has 12 N–H and O–H groups in total. The smallest absolute Gasteiger partial charge is 0.361 e. The molecule has 0 aliphatic carbocycles. The molecule has 1 heterocycles. The molecular weight excluding hydrogens is 588 g/mol. The molecule has 3 unspecified atom stereocenters. The van der Waals surface area contributed by atoms with E-state index in [1.807, 2.05) is 0 Å². The molecule has 0 radical (unpaired) electrons. The molecular formula is C7H21NO19P6. The lowest BCUT2D eigenvalue weighted by atomic mass is 10.1. The van der Waals surface area contributed by atoms with E-state index in [1.165, 1.54) is 0 Å². The molecule has 0 aromatic carbocycles. The Hall–Kier alpha value is 0.820. The highest BCUT2D eigenvalue weighted by Crippen LogP contribution is 2.84. The molecule has 0 spiro atoms. The van der Waals surface area contributed by atoms with E-state index in [1.54, 1.807) is 0 Å². The highest BCUT2D eigenvalue weighted by molar-refractivity contribution is 7.75. The normalized spacial score (nSPS) is 28.3. The van der Waals surface area contributed by atoms with Crippen molar-refractivity contribution in [3.63, 3.8) is 0 Å². The molecule has 0 bridgehead atoms. The van der Waals surface area contributed by atoms with E-state index < -0.39 is 92.1 Å². The molecule has 0 aromatic rings. The number of rotatable bonds is 10. The van der Waals surface area contributed by atoms with E-state index in [0.29, 0.717) is 0 Å². The van der Waals surface area contributed by atoms with Gasteiger partial charge in [0, 0.05) is 12.5 Å². The van der Waals surface area contributed by atoms with Gasteiger partial charge in [0.15, 0.2) is 0 Å². The maximum atomic E-state index is 12.9. The standard InChI is InChI=1S/C7H21NO19P6/c9-2-1-4-3-27-33(25,26)7(4,32(22,23)24)8(5(28(10,11)12)29(13,14)15)6(30(16,17)18)31(19,20)21/h4-6,9H,1-3H2,(H,25,26)(H2,10,11,12)(H2,13,14,15)(H2,16,17,18)(H2,19,20,21)(H2,22,23,24). The summed E-state index contributed by atoms with van der Waals surface area (Å²) in [5.41, 5.74) is -8.35. The summed E-state index contributed by atoms with van der Waals surface area (Å²) in [6.45, 7) is -2.48. The zero-order chi connectivity index (χ0) is 26.6. The van der Waals surface area contributed by atoms with Crippen LogP contribution in [-0.4, -0.2) is 93.1 Å². The van der Waals surface area contributed by atoms with Crippen LogP contribution in [0.1, 0.15) is 6.42 Å². The molecule has 1 aliphatic rings. The second-order valence-corrected chi connectivity index (χ2v) is 18.3. The summed E-state index contributed by atoms with van der Waals surface area (Å²) in [5.74, 6) is -2.40. The van der Waals surface area contributed by atoms with Gasteiger partial charge in [-0.05, 0) is 6.42 Å². The minimum atomic E-state index is -6.69. The van der Waals surface area contributed by atoms with E-state index in [9.17, 15) is 86.3 Å². The van der Waals surface area contributed by atoms with Crippen molar-refractivity contribution < 1.29 is 90.8 Å². The SMILES string of the molecule is O=P(O)(O)C(N(C(P(=O)(O)O)P(=O)(O)O)C1(P(=O)(O)O)C(CCO)COP1(=O)O)P(=O)(O)O. The van der Waals surface area contributed by atoms with Crippen LogP contribution in [0.2, 0.25) is 0 Å². The van der Waals surface area contributed by atoms with Gasteiger partial charge in [0.1, 0.15) is 0 Å². The summed E-state index contributed by atoms with van der Waals surface area (Å²) in [4.78, 5) is 105. The van der Waals surface area contributed by atoms with Gasteiger partial charge in [-0.15, -0.1) is 0 Å². The van der Waals surface area contributed by atoms with Crippen molar-refractivity contribution in [2.45, 2.75) is 22.5 Å². The Bertz CT molecular complexity index is 935. The van der Waals surface area contributed by atoms with Crippen molar-refractivity contribution in [1.29, 1.82) is 0 Å². The minimum absolute atomic E-state index is 1.07. The van der Waals surface area contributed by atoms with Crippen LogP contribution in [0.3, 0.4) is 0 Å². The first-order chi connectivity index (χ1) is 14.3. The zero-order valence-electron chi connectivity index (χ0n) is 15.7. The number of nitrogens with zero attached hydrogens (tertiary/aromatic N) is 1. The van der Waals surface area contributed by atoms with Crippen LogP contribution >= 0.6 is 45.6 Å². The van der Waals surface area contributed by atoms with Crippen LogP contribution in [0.5, 0.6) is 0 Å².